The second kappa shape index (κ2) is 7.61. The van der Waals surface area contributed by atoms with Crippen LogP contribution in [0.5, 0.6) is 0 Å². The molecule has 0 radical (unpaired) electrons. The second-order valence-corrected chi connectivity index (χ2v) is 7.18. The van der Waals surface area contributed by atoms with Crippen LogP contribution in [0.3, 0.4) is 0 Å². The van der Waals surface area contributed by atoms with Crippen LogP contribution < -0.4 is 5.32 Å². The maximum atomic E-state index is 12.4. The average Bonchev–Trinajstić information content (AvgIpc) is 3.15. The molecule has 6 nitrogen and oxygen atoms in total. The first kappa shape index (κ1) is 18.0. The normalized spacial score (nSPS) is 10.7. The Balaban J connectivity index is 1.67. The van der Waals surface area contributed by atoms with Crippen LogP contribution in [-0.2, 0) is 13.0 Å². The molecule has 0 aliphatic heterocycles. The highest BCUT2D eigenvalue weighted by Gasteiger charge is 2.18. The predicted molar refractivity (Wildman–Crippen MR) is 100 cm³/mol. The fourth-order valence-corrected chi connectivity index (χ4v) is 3.65. The summed E-state index contributed by atoms with van der Waals surface area (Å²) in [5, 5.41) is 7.71. The number of nitrogens with zero attached hydrogens (tertiary/aromatic N) is 3. The minimum absolute atomic E-state index is 0.124. The number of thiazole rings is 1. The van der Waals surface area contributed by atoms with Crippen LogP contribution in [0.15, 0.2) is 36.4 Å². The van der Waals surface area contributed by atoms with Crippen molar-refractivity contribution < 1.29 is 9.59 Å². The van der Waals surface area contributed by atoms with Crippen LogP contribution in [0, 0.1) is 20.8 Å². The fraction of sp³-hybridized carbons (Fsp3) is 0.263. The highest BCUT2D eigenvalue weighted by atomic mass is 32.1. The van der Waals surface area contributed by atoms with E-state index >= 15 is 0 Å². The number of hydrogen-bond donors (Lipinski definition) is 1. The zero-order valence-electron chi connectivity index (χ0n) is 14.9. The summed E-state index contributed by atoms with van der Waals surface area (Å²) in [4.78, 5) is 29.8. The van der Waals surface area contributed by atoms with Gasteiger partial charge >= 0.3 is 0 Å². The Bertz CT molecular complexity index is 944. The van der Waals surface area contributed by atoms with Gasteiger partial charge in [-0.1, -0.05) is 30.3 Å². The van der Waals surface area contributed by atoms with E-state index in [0.717, 1.165) is 17.0 Å². The van der Waals surface area contributed by atoms with Gasteiger partial charge in [0.1, 0.15) is 9.88 Å². The van der Waals surface area contributed by atoms with Crippen molar-refractivity contribution in [1.29, 1.82) is 0 Å². The molecule has 0 aliphatic rings. The molecule has 0 atom stereocenters. The lowest BCUT2D eigenvalue weighted by molar-refractivity contribution is 0.0894. The Hall–Kier alpha value is -2.80. The monoisotopic (exact) mass is 368 g/mol. The van der Waals surface area contributed by atoms with Gasteiger partial charge < -0.3 is 5.32 Å². The van der Waals surface area contributed by atoms with Gasteiger partial charge in [-0.05, 0) is 32.4 Å². The lowest BCUT2D eigenvalue weighted by atomic mass is 10.2. The molecule has 0 unspecified atom stereocenters. The topological polar surface area (TPSA) is 76.9 Å². The standard InChI is InChI=1S/C19H20N4O2S/c1-12-9-13(2)23(22-12)17(24)10-16-21-14(3)18(26-16)19(25)20-11-15-7-5-4-6-8-15/h4-9H,10-11H2,1-3H3,(H,20,25). The summed E-state index contributed by atoms with van der Waals surface area (Å²) < 4.78 is 1.39. The number of rotatable bonds is 5. The van der Waals surface area contributed by atoms with Crippen LogP contribution in [0.2, 0.25) is 0 Å². The number of benzene rings is 1. The van der Waals surface area contributed by atoms with Crippen LogP contribution >= 0.6 is 11.3 Å². The van der Waals surface area contributed by atoms with Crippen molar-refractivity contribution in [1.82, 2.24) is 20.1 Å². The first-order chi connectivity index (χ1) is 12.4. The molecule has 26 heavy (non-hydrogen) atoms. The van der Waals surface area contributed by atoms with E-state index < -0.39 is 0 Å². The van der Waals surface area contributed by atoms with Crippen molar-refractivity contribution in [2.75, 3.05) is 0 Å². The smallest absolute Gasteiger partial charge is 0.263 e. The highest BCUT2D eigenvalue weighted by Crippen LogP contribution is 2.19. The van der Waals surface area contributed by atoms with Gasteiger partial charge in [-0.15, -0.1) is 11.3 Å². The molecule has 7 heteroatoms. The van der Waals surface area contributed by atoms with Gasteiger partial charge in [0.25, 0.3) is 11.8 Å². The maximum Gasteiger partial charge on any atom is 0.263 e. The molecule has 2 heterocycles. The Morgan fingerprint density at radius 1 is 1.15 bits per heavy atom. The van der Waals surface area contributed by atoms with E-state index in [4.69, 9.17) is 0 Å². The largest absolute Gasteiger partial charge is 0.347 e. The number of aromatic nitrogens is 3. The van der Waals surface area contributed by atoms with E-state index in [1.54, 1.807) is 6.92 Å². The minimum atomic E-state index is -0.173. The summed E-state index contributed by atoms with van der Waals surface area (Å²) in [5.41, 5.74) is 3.26. The average molecular weight is 368 g/mol. The molecular weight excluding hydrogens is 348 g/mol. The zero-order chi connectivity index (χ0) is 18.7. The van der Waals surface area contributed by atoms with E-state index in [-0.39, 0.29) is 18.2 Å². The first-order valence-corrected chi connectivity index (χ1v) is 9.10. The first-order valence-electron chi connectivity index (χ1n) is 8.29. The number of amides is 1. The lowest BCUT2D eigenvalue weighted by Gasteiger charge is -2.03. The number of carbonyl (C=O) groups excluding carboxylic acids is 2. The SMILES string of the molecule is Cc1cc(C)n(C(=O)Cc2nc(C)c(C(=O)NCc3ccccc3)s2)n1. The molecule has 1 amide bonds. The Labute approximate surface area is 155 Å². The summed E-state index contributed by atoms with van der Waals surface area (Å²) in [6, 6.07) is 11.6. The molecular formula is C19H20N4O2S. The van der Waals surface area contributed by atoms with Crippen molar-refractivity contribution >= 4 is 23.2 Å². The van der Waals surface area contributed by atoms with Crippen LogP contribution in [0.25, 0.3) is 0 Å². The highest BCUT2D eigenvalue weighted by molar-refractivity contribution is 7.13. The Kier molecular flexibility index (Phi) is 5.27. The summed E-state index contributed by atoms with van der Waals surface area (Å²) in [7, 11) is 0. The number of aryl methyl sites for hydroxylation is 3. The van der Waals surface area contributed by atoms with Crippen molar-refractivity contribution in [3.05, 3.63) is 68.9 Å². The molecule has 0 spiro atoms. The quantitative estimate of drug-likeness (QED) is 0.751. The summed E-state index contributed by atoms with van der Waals surface area (Å²) in [6.07, 6.45) is 0.124. The molecule has 0 aliphatic carbocycles. The molecule has 134 valence electrons. The van der Waals surface area contributed by atoms with Gasteiger partial charge in [-0.2, -0.15) is 5.10 Å². The Morgan fingerprint density at radius 3 is 2.54 bits per heavy atom. The summed E-state index contributed by atoms with van der Waals surface area (Å²) in [6.45, 7) is 5.93. The van der Waals surface area contributed by atoms with Gasteiger partial charge in [0.05, 0.1) is 17.8 Å². The minimum Gasteiger partial charge on any atom is -0.347 e. The second-order valence-electron chi connectivity index (χ2n) is 6.10. The van der Waals surface area contributed by atoms with Crippen molar-refractivity contribution in [2.45, 2.75) is 33.7 Å². The Morgan fingerprint density at radius 2 is 1.88 bits per heavy atom. The summed E-state index contributed by atoms with van der Waals surface area (Å²) >= 11 is 1.25. The van der Waals surface area contributed by atoms with E-state index in [9.17, 15) is 9.59 Å². The third-order valence-corrected chi connectivity index (χ3v) is 5.05. The molecule has 2 aromatic heterocycles. The third-order valence-electron chi connectivity index (χ3n) is 3.89. The number of nitrogens with one attached hydrogen (secondary N) is 1. The number of carbonyl (C=O) groups is 2. The molecule has 1 aromatic carbocycles. The molecule has 3 rings (SSSR count). The van der Waals surface area contributed by atoms with Crippen LogP contribution in [0.1, 0.15) is 42.1 Å². The fourth-order valence-electron chi connectivity index (χ4n) is 2.68. The van der Waals surface area contributed by atoms with Crippen LogP contribution in [0.4, 0.5) is 0 Å². The van der Waals surface area contributed by atoms with Gasteiger partial charge in [-0.25, -0.2) is 9.67 Å². The van der Waals surface area contributed by atoms with E-state index in [0.29, 0.717) is 22.1 Å². The van der Waals surface area contributed by atoms with Gasteiger partial charge in [0, 0.05) is 12.2 Å². The molecule has 0 saturated heterocycles. The summed E-state index contributed by atoms with van der Waals surface area (Å²) in [5.74, 6) is -0.325. The molecule has 0 bridgehead atoms. The third kappa shape index (κ3) is 4.05. The number of hydrogen-bond acceptors (Lipinski definition) is 5. The van der Waals surface area contributed by atoms with Crippen LogP contribution in [-0.4, -0.2) is 26.6 Å². The molecule has 0 fully saturated rings. The van der Waals surface area contributed by atoms with Crippen molar-refractivity contribution in [2.24, 2.45) is 0 Å². The van der Waals surface area contributed by atoms with Gasteiger partial charge in [0.15, 0.2) is 0 Å². The molecule has 3 aromatic rings. The molecule has 1 N–H and O–H groups in total. The van der Waals surface area contributed by atoms with E-state index in [1.807, 2.05) is 50.2 Å². The van der Waals surface area contributed by atoms with Gasteiger partial charge in [-0.3, -0.25) is 9.59 Å². The zero-order valence-corrected chi connectivity index (χ0v) is 15.8. The van der Waals surface area contributed by atoms with Crippen molar-refractivity contribution in [3.63, 3.8) is 0 Å². The van der Waals surface area contributed by atoms with E-state index in [1.165, 1.54) is 16.0 Å². The lowest BCUT2D eigenvalue weighted by Crippen LogP contribution is -2.22. The molecule has 0 saturated carbocycles. The van der Waals surface area contributed by atoms with Crippen molar-refractivity contribution in [3.8, 4) is 0 Å². The van der Waals surface area contributed by atoms with E-state index in [2.05, 4.69) is 15.4 Å². The predicted octanol–water partition coefficient (Wildman–Crippen LogP) is 3.08. The maximum absolute atomic E-state index is 12.4. The van der Waals surface area contributed by atoms with Gasteiger partial charge in [0.2, 0.25) is 0 Å².